The van der Waals surface area contributed by atoms with Gasteiger partial charge in [-0.25, -0.2) is 0 Å². The van der Waals surface area contributed by atoms with Crippen molar-refractivity contribution >= 4 is 0 Å². The van der Waals surface area contributed by atoms with Crippen LogP contribution in [0.25, 0.3) is 0 Å². The second kappa shape index (κ2) is 6.55. The summed E-state index contributed by atoms with van der Waals surface area (Å²) in [6, 6.07) is 1.23. The third-order valence-electron chi connectivity index (χ3n) is 2.75. The lowest BCUT2D eigenvalue weighted by Crippen LogP contribution is -2.28. The van der Waals surface area contributed by atoms with Crippen LogP contribution in [0.1, 0.15) is 24.5 Å². The van der Waals surface area contributed by atoms with Crippen molar-refractivity contribution in [3.05, 3.63) is 29.3 Å². The highest BCUT2D eigenvalue weighted by Crippen LogP contribution is 2.38. The van der Waals surface area contributed by atoms with Crippen LogP contribution in [0.3, 0.4) is 0 Å². The SMILES string of the molecule is CCC(CNC)Oc1cc(C(F)(F)F)cc(C(F)(F)F)c1. The zero-order valence-corrected chi connectivity index (χ0v) is 11.4. The van der Waals surface area contributed by atoms with Crippen molar-refractivity contribution in [3.63, 3.8) is 0 Å². The fourth-order valence-corrected chi connectivity index (χ4v) is 1.68. The first-order valence-electron chi connectivity index (χ1n) is 6.18. The summed E-state index contributed by atoms with van der Waals surface area (Å²) in [5.74, 6) is -0.445. The van der Waals surface area contributed by atoms with Crippen LogP contribution in [0.5, 0.6) is 5.75 Å². The van der Waals surface area contributed by atoms with Gasteiger partial charge in [0.15, 0.2) is 0 Å². The smallest absolute Gasteiger partial charge is 0.416 e. The van der Waals surface area contributed by atoms with Crippen LogP contribution in [0.4, 0.5) is 26.3 Å². The Balaban J connectivity index is 3.19. The molecular weight excluding hydrogens is 300 g/mol. The molecule has 0 saturated carbocycles. The van der Waals surface area contributed by atoms with E-state index in [0.29, 0.717) is 25.1 Å². The van der Waals surface area contributed by atoms with Gasteiger partial charge in [0, 0.05) is 6.54 Å². The van der Waals surface area contributed by atoms with E-state index in [1.165, 1.54) is 0 Å². The van der Waals surface area contributed by atoms with Gasteiger partial charge in [-0.1, -0.05) is 6.92 Å². The fourth-order valence-electron chi connectivity index (χ4n) is 1.68. The fraction of sp³-hybridized carbons (Fsp3) is 0.538. The normalized spacial score (nSPS) is 14.1. The van der Waals surface area contributed by atoms with Gasteiger partial charge in [0.2, 0.25) is 0 Å². The largest absolute Gasteiger partial charge is 0.489 e. The van der Waals surface area contributed by atoms with Gasteiger partial charge >= 0.3 is 12.4 Å². The Kier molecular flexibility index (Phi) is 5.49. The molecule has 0 aromatic heterocycles. The molecule has 0 aliphatic rings. The molecule has 0 aliphatic heterocycles. The van der Waals surface area contributed by atoms with Gasteiger partial charge in [0.1, 0.15) is 11.9 Å². The molecule has 0 bridgehead atoms. The maximum atomic E-state index is 12.7. The minimum absolute atomic E-state index is 0.0753. The Hall–Kier alpha value is -1.44. The molecule has 1 rings (SSSR count). The molecule has 1 aromatic rings. The van der Waals surface area contributed by atoms with Gasteiger partial charge in [-0.3, -0.25) is 0 Å². The van der Waals surface area contributed by atoms with Crippen LogP contribution in [-0.4, -0.2) is 19.7 Å². The third kappa shape index (κ3) is 5.11. The molecule has 8 heteroatoms. The van der Waals surface area contributed by atoms with Crippen molar-refractivity contribution in [2.75, 3.05) is 13.6 Å². The Bertz CT molecular complexity index is 436. The summed E-state index contributed by atoms with van der Waals surface area (Å²) in [6.45, 7) is 2.04. The van der Waals surface area contributed by atoms with Gasteiger partial charge in [-0.05, 0) is 31.7 Å². The average Bonchev–Trinajstić information content (AvgIpc) is 2.35. The van der Waals surface area contributed by atoms with Crippen LogP contribution in [-0.2, 0) is 12.4 Å². The highest BCUT2D eigenvalue weighted by Gasteiger charge is 2.37. The predicted octanol–water partition coefficient (Wildman–Crippen LogP) is 4.10. The van der Waals surface area contributed by atoms with E-state index in [-0.39, 0.29) is 6.07 Å². The maximum absolute atomic E-state index is 12.7. The highest BCUT2D eigenvalue weighted by atomic mass is 19.4. The number of ether oxygens (including phenoxy) is 1. The van der Waals surface area contributed by atoms with Gasteiger partial charge < -0.3 is 10.1 Å². The molecule has 0 aliphatic carbocycles. The van der Waals surface area contributed by atoms with E-state index in [4.69, 9.17) is 4.74 Å². The number of hydrogen-bond donors (Lipinski definition) is 1. The molecule has 0 saturated heterocycles. The van der Waals surface area contributed by atoms with Crippen molar-refractivity contribution in [2.45, 2.75) is 31.8 Å². The molecule has 21 heavy (non-hydrogen) atoms. The molecule has 1 aromatic carbocycles. The van der Waals surface area contributed by atoms with E-state index < -0.39 is 35.3 Å². The Morgan fingerprint density at radius 2 is 1.48 bits per heavy atom. The zero-order chi connectivity index (χ0) is 16.3. The molecule has 1 unspecified atom stereocenters. The number of halogens is 6. The van der Waals surface area contributed by atoms with Crippen molar-refractivity contribution in [2.24, 2.45) is 0 Å². The van der Waals surface area contributed by atoms with Crippen molar-refractivity contribution < 1.29 is 31.1 Å². The topological polar surface area (TPSA) is 21.3 Å². The lowest BCUT2D eigenvalue weighted by molar-refractivity contribution is -0.143. The van der Waals surface area contributed by atoms with E-state index in [1.54, 1.807) is 14.0 Å². The van der Waals surface area contributed by atoms with Crippen LogP contribution >= 0.6 is 0 Å². The zero-order valence-electron chi connectivity index (χ0n) is 11.4. The molecule has 1 atom stereocenters. The molecule has 2 nitrogen and oxygen atoms in total. The van der Waals surface area contributed by atoms with Crippen LogP contribution in [0.2, 0.25) is 0 Å². The highest BCUT2D eigenvalue weighted by molar-refractivity contribution is 5.37. The second-order valence-electron chi connectivity index (χ2n) is 4.45. The first-order valence-corrected chi connectivity index (χ1v) is 6.18. The summed E-state index contributed by atoms with van der Waals surface area (Å²) in [6.07, 6.45) is -9.81. The number of alkyl halides is 6. The van der Waals surface area contributed by atoms with Crippen molar-refractivity contribution in [3.8, 4) is 5.75 Å². The summed E-state index contributed by atoms with van der Waals surface area (Å²) >= 11 is 0. The molecule has 1 N–H and O–H groups in total. The summed E-state index contributed by atoms with van der Waals surface area (Å²) < 4.78 is 81.2. The molecular formula is C13H15F6NO. The Morgan fingerprint density at radius 1 is 1.00 bits per heavy atom. The van der Waals surface area contributed by atoms with Gasteiger partial charge in [-0.2, -0.15) is 26.3 Å². The van der Waals surface area contributed by atoms with E-state index >= 15 is 0 Å². The number of benzene rings is 1. The van der Waals surface area contributed by atoms with E-state index in [9.17, 15) is 26.3 Å². The van der Waals surface area contributed by atoms with Gasteiger partial charge in [0.05, 0.1) is 11.1 Å². The van der Waals surface area contributed by atoms with E-state index in [1.807, 2.05) is 0 Å². The lowest BCUT2D eigenvalue weighted by Gasteiger charge is -2.20. The minimum atomic E-state index is -4.87. The number of likely N-dealkylation sites (N-methyl/N-ethyl adjacent to an activating group) is 1. The van der Waals surface area contributed by atoms with E-state index in [2.05, 4.69) is 5.32 Å². The summed E-state index contributed by atoms with van der Waals surface area (Å²) in [5, 5.41) is 2.76. The first kappa shape index (κ1) is 17.6. The number of hydrogen-bond acceptors (Lipinski definition) is 2. The third-order valence-corrected chi connectivity index (χ3v) is 2.75. The Labute approximate surface area is 118 Å². The lowest BCUT2D eigenvalue weighted by atomic mass is 10.1. The predicted molar refractivity (Wildman–Crippen MR) is 65.1 cm³/mol. The Morgan fingerprint density at radius 3 is 1.81 bits per heavy atom. The van der Waals surface area contributed by atoms with Crippen LogP contribution < -0.4 is 10.1 Å². The number of nitrogens with one attached hydrogen (secondary N) is 1. The second-order valence-corrected chi connectivity index (χ2v) is 4.45. The van der Waals surface area contributed by atoms with Crippen molar-refractivity contribution in [1.82, 2.24) is 5.32 Å². The number of rotatable bonds is 5. The van der Waals surface area contributed by atoms with Gasteiger partial charge in [-0.15, -0.1) is 0 Å². The van der Waals surface area contributed by atoms with Crippen LogP contribution in [0, 0.1) is 0 Å². The summed E-state index contributed by atoms with van der Waals surface area (Å²) in [4.78, 5) is 0. The molecule has 0 spiro atoms. The first-order chi connectivity index (χ1) is 9.57. The summed E-state index contributed by atoms with van der Waals surface area (Å²) in [7, 11) is 1.61. The maximum Gasteiger partial charge on any atom is 0.416 e. The minimum Gasteiger partial charge on any atom is -0.489 e. The molecule has 0 fully saturated rings. The van der Waals surface area contributed by atoms with Gasteiger partial charge in [0.25, 0.3) is 0 Å². The molecule has 120 valence electrons. The standard InChI is InChI=1S/C13H15F6NO/c1-3-10(7-20-2)21-11-5-8(12(14,15)16)4-9(6-11)13(17,18)19/h4-6,10,20H,3,7H2,1-2H3. The summed E-state index contributed by atoms with van der Waals surface area (Å²) in [5.41, 5.74) is -2.77. The quantitative estimate of drug-likeness (QED) is 0.826. The monoisotopic (exact) mass is 315 g/mol. The van der Waals surface area contributed by atoms with Crippen LogP contribution in [0.15, 0.2) is 18.2 Å². The average molecular weight is 315 g/mol. The molecule has 0 heterocycles. The van der Waals surface area contributed by atoms with Crippen molar-refractivity contribution in [1.29, 1.82) is 0 Å². The van der Waals surface area contributed by atoms with E-state index in [0.717, 1.165) is 0 Å². The molecule has 0 amide bonds. The molecule has 0 radical (unpaired) electrons.